The summed E-state index contributed by atoms with van der Waals surface area (Å²) in [5.74, 6) is -10.7. The molecular weight excluding hydrogens is 492 g/mol. The van der Waals surface area contributed by atoms with Crippen molar-refractivity contribution >= 4 is 35.8 Å². The van der Waals surface area contributed by atoms with Gasteiger partial charge in [-0.05, 0) is 23.3 Å². The first kappa shape index (κ1) is 42.2. The Morgan fingerprint density at radius 2 is 0.639 bits per heavy atom. The molecule has 0 fully saturated rings. The summed E-state index contributed by atoms with van der Waals surface area (Å²) in [4.78, 5) is 59.3. The van der Waals surface area contributed by atoms with Crippen molar-refractivity contribution in [2.75, 3.05) is 39.3 Å². The number of hydrogen-bond acceptors (Lipinski definition) is 12. The topological polar surface area (TPSA) is 407 Å². The maximum absolute atomic E-state index is 10.0. The van der Waals surface area contributed by atoms with Crippen LogP contribution in [0.5, 0.6) is 0 Å². The Bertz CT molecular complexity index is 656. The second-order valence-electron chi connectivity index (χ2n) is 5.77. The SMILES string of the molecule is O=C([O-])/C=C(/CC(=O)[O-])C(=O)[O-].O=C([O-])/C=C(/CC(=O)[O-])C(=O)[O-].[NH3+]CC[NH3+].[NH3+]CC[NH3+].[NH3+]CC[NH3+]. The summed E-state index contributed by atoms with van der Waals surface area (Å²) in [5.41, 5.74) is 19.5. The van der Waals surface area contributed by atoms with Crippen molar-refractivity contribution in [3.05, 3.63) is 23.3 Å². The lowest BCUT2D eigenvalue weighted by Crippen LogP contribution is -2.64. The predicted octanol–water partition coefficient (Wildman–Crippen LogP) is -16.5. The van der Waals surface area contributed by atoms with E-state index in [-0.39, 0.29) is 12.2 Å². The molecule has 210 valence electrons. The minimum Gasteiger partial charge on any atom is -0.550 e. The van der Waals surface area contributed by atoms with Crippen LogP contribution in [-0.2, 0) is 28.8 Å². The largest absolute Gasteiger partial charge is 0.550 e. The van der Waals surface area contributed by atoms with Gasteiger partial charge in [0.2, 0.25) is 0 Å². The van der Waals surface area contributed by atoms with E-state index in [4.69, 9.17) is 0 Å². The summed E-state index contributed by atoms with van der Waals surface area (Å²) in [5, 5.41) is 59.3. The van der Waals surface area contributed by atoms with Crippen LogP contribution in [0.3, 0.4) is 0 Å². The zero-order chi connectivity index (χ0) is 29.7. The third-order valence-corrected chi connectivity index (χ3v) is 2.53. The normalized spacial score (nSPS) is 9.72. The Morgan fingerprint density at radius 1 is 0.444 bits per heavy atom. The van der Waals surface area contributed by atoms with Crippen molar-refractivity contribution in [2.45, 2.75) is 12.8 Å². The molecule has 0 aliphatic carbocycles. The molecule has 0 aromatic rings. The van der Waals surface area contributed by atoms with Crippen LogP contribution in [-0.4, -0.2) is 75.1 Å². The molecule has 0 aromatic carbocycles. The summed E-state index contributed by atoms with van der Waals surface area (Å²) >= 11 is 0. The average Bonchev–Trinajstić information content (AvgIpc) is 2.77. The van der Waals surface area contributed by atoms with Gasteiger partial charge in [-0.2, -0.15) is 0 Å². The van der Waals surface area contributed by atoms with Crippen molar-refractivity contribution in [1.29, 1.82) is 0 Å². The van der Waals surface area contributed by atoms with E-state index in [0.717, 1.165) is 39.3 Å². The van der Waals surface area contributed by atoms with Gasteiger partial charge < -0.3 is 93.8 Å². The van der Waals surface area contributed by atoms with Crippen LogP contribution in [0.25, 0.3) is 0 Å². The molecule has 18 heteroatoms. The van der Waals surface area contributed by atoms with E-state index < -0.39 is 59.8 Å². The van der Waals surface area contributed by atoms with Crippen LogP contribution in [0.4, 0.5) is 0 Å². The van der Waals surface area contributed by atoms with Crippen molar-refractivity contribution in [3.63, 3.8) is 0 Å². The van der Waals surface area contributed by atoms with Crippen molar-refractivity contribution in [2.24, 2.45) is 0 Å². The molecule has 18 nitrogen and oxygen atoms in total. The smallest absolute Gasteiger partial charge is 0.124 e. The molecule has 0 aromatic heterocycles. The number of rotatable bonds is 11. The first-order chi connectivity index (χ1) is 16.6. The molecule has 0 bridgehead atoms. The number of aliphatic carboxylic acids is 6. The van der Waals surface area contributed by atoms with Gasteiger partial charge in [0.15, 0.2) is 0 Å². The number of carbonyl (C=O) groups is 6. The predicted molar refractivity (Wildman–Crippen MR) is 102 cm³/mol. The van der Waals surface area contributed by atoms with Crippen molar-refractivity contribution in [1.82, 2.24) is 0 Å². The Labute approximate surface area is 205 Å². The summed E-state index contributed by atoms with van der Waals surface area (Å²) < 4.78 is 0. The van der Waals surface area contributed by atoms with Crippen LogP contribution in [0.2, 0.25) is 0 Å². The Hall–Kier alpha value is -3.94. The van der Waals surface area contributed by atoms with Gasteiger partial charge in [0.25, 0.3) is 0 Å². The van der Waals surface area contributed by atoms with Crippen LogP contribution in [0.15, 0.2) is 23.3 Å². The van der Waals surface area contributed by atoms with Gasteiger partial charge in [-0.1, -0.05) is 0 Å². The fourth-order valence-electron chi connectivity index (χ4n) is 0.960. The lowest BCUT2D eigenvalue weighted by atomic mass is 10.2. The van der Waals surface area contributed by atoms with Gasteiger partial charge in [-0.3, -0.25) is 0 Å². The molecule has 0 aliphatic heterocycles. The summed E-state index contributed by atoms with van der Waals surface area (Å²) in [6.07, 6.45) is -1.75. The first-order valence-corrected chi connectivity index (χ1v) is 10.0. The van der Waals surface area contributed by atoms with Crippen LogP contribution >= 0.6 is 0 Å². The lowest BCUT2D eigenvalue weighted by molar-refractivity contribution is -0.453. The Balaban J connectivity index is -0.000000124. The van der Waals surface area contributed by atoms with Gasteiger partial charge in [0, 0.05) is 24.8 Å². The number of carbonyl (C=O) groups excluding carboxylic acids is 6. The van der Waals surface area contributed by atoms with Gasteiger partial charge in [0.05, 0.1) is 23.9 Å². The molecule has 0 rings (SSSR count). The van der Waals surface area contributed by atoms with Gasteiger partial charge in [0.1, 0.15) is 39.3 Å². The standard InChI is InChI=1S/2C6H6O6.3C2H8N2/c2*7-4(8)1-3(6(11)12)2-5(9)10;3*3-1-2-4/h2*1H,2H2,(H,7,8)(H,9,10)(H,11,12);3*1-4H2/b2*3-1-;;;. The van der Waals surface area contributed by atoms with E-state index >= 15 is 0 Å². The molecule has 36 heavy (non-hydrogen) atoms. The summed E-state index contributed by atoms with van der Waals surface area (Å²) in [6.45, 7) is 5.75. The molecule has 0 aliphatic rings. The maximum Gasteiger partial charge on any atom is 0.124 e. The quantitative estimate of drug-likeness (QED) is 0.136. The van der Waals surface area contributed by atoms with E-state index in [9.17, 15) is 59.4 Å². The number of carboxylic acids is 6. The van der Waals surface area contributed by atoms with Crippen molar-refractivity contribution in [3.8, 4) is 0 Å². The minimum atomic E-state index is -1.87. The Morgan fingerprint density at radius 3 is 0.722 bits per heavy atom. The molecule has 0 spiro atoms. The molecule has 0 radical (unpaired) electrons. The molecule has 0 heterocycles. The molecular formula is C18H36N6O12. The minimum absolute atomic E-state index is 0.144. The maximum atomic E-state index is 10.0. The van der Waals surface area contributed by atoms with E-state index in [1.807, 2.05) is 0 Å². The van der Waals surface area contributed by atoms with Gasteiger partial charge in [-0.25, -0.2) is 0 Å². The highest BCUT2D eigenvalue weighted by molar-refractivity contribution is 5.96. The summed E-state index contributed by atoms with van der Waals surface area (Å²) in [6, 6.07) is 0. The zero-order valence-electron chi connectivity index (χ0n) is 20.0. The average molecular weight is 529 g/mol. The summed E-state index contributed by atoms with van der Waals surface area (Å²) in [7, 11) is 0. The van der Waals surface area contributed by atoms with E-state index in [0.29, 0.717) is 0 Å². The third-order valence-electron chi connectivity index (χ3n) is 2.53. The fourth-order valence-corrected chi connectivity index (χ4v) is 0.960. The Kier molecular flexibility index (Phi) is 36.4. The van der Waals surface area contributed by atoms with E-state index in [1.54, 1.807) is 0 Å². The number of quaternary nitrogens is 6. The van der Waals surface area contributed by atoms with E-state index in [1.165, 1.54) is 0 Å². The number of hydrogen-bond donors (Lipinski definition) is 6. The van der Waals surface area contributed by atoms with Gasteiger partial charge in [-0.15, -0.1) is 0 Å². The van der Waals surface area contributed by atoms with Crippen molar-refractivity contribution < 1.29 is 93.8 Å². The zero-order valence-corrected chi connectivity index (χ0v) is 20.0. The van der Waals surface area contributed by atoms with Crippen LogP contribution in [0.1, 0.15) is 12.8 Å². The highest BCUT2D eigenvalue weighted by Crippen LogP contribution is 1.98. The van der Waals surface area contributed by atoms with Crippen LogP contribution < -0.4 is 65.0 Å². The third kappa shape index (κ3) is 47.7. The first-order valence-electron chi connectivity index (χ1n) is 10.0. The molecule has 0 saturated heterocycles. The molecule has 0 amide bonds. The molecule has 0 saturated carbocycles. The second kappa shape index (κ2) is 31.1. The molecule has 0 atom stereocenters. The number of carboxylic acid groups (broad SMARTS) is 6. The fraction of sp³-hybridized carbons (Fsp3) is 0.444. The molecule has 0 unspecified atom stereocenters. The van der Waals surface area contributed by atoms with Gasteiger partial charge >= 0.3 is 0 Å². The molecule has 18 N–H and O–H groups in total. The lowest BCUT2D eigenvalue weighted by Gasteiger charge is -2.09. The van der Waals surface area contributed by atoms with E-state index in [2.05, 4.69) is 34.4 Å². The second-order valence-corrected chi connectivity index (χ2v) is 5.77. The highest BCUT2D eigenvalue weighted by atomic mass is 16.4. The monoisotopic (exact) mass is 528 g/mol. The highest BCUT2D eigenvalue weighted by Gasteiger charge is 1.99. The van der Waals surface area contributed by atoms with Crippen LogP contribution in [0, 0.1) is 0 Å².